The van der Waals surface area contributed by atoms with Crippen LogP contribution in [0, 0.1) is 24.0 Å². The lowest BCUT2D eigenvalue weighted by Gasteiger charge is -2.20. The number of nitro groups is 1. The highest BCUT2D eigenvalue weighted by molar-refractivity contribution is 5.71. The Balaban J connectivity index is 2.01. The molecule has 0 saturated heterocycles. The Hall–Kier alpha value is -3.36. The maximum atomic E-state index is 11.8. The van der Waals surface area contributed by atoms with Crippen molar-refractivity contribution in [3.05, 3.63) is 51.7 Å². The highest BCUT2D eigenvalue weighted by Gasteiger charge is 2.27. The first-order valence-corrected chi connectivity index (χ1v) is 10.2. The van der Waals surface area contributed by atoms with E-state index in [0.29, 0.717) is 42.1 Å². The van der Waals surface area contributed by atoms with E-state index in [1.165, 1.54) is 0 Å². The van der Waals surface area contributed by atoms with E-state index in [-0.39, 0.29) is 23.7 Å². The van der Waals surface area contributed by atoms with Crippen LogP contribution < -0.4 is 15.4 Å². The monoisotopic (exact) mass is 430 g/mol. The number of amides is 1. The molecule has 0 bridgehead atoms. The number of aromatic nitrogens is 1. The van der Waals surface area contributed by atoms with E-state index < -0.39 is 11.0 Å². The molecule has 9 heteroatoms. The molecule has 0 aliphatic heterocycles. The van der Waals surface area contributed by atoms with Gasteiger partial charge in [0.05, 0.1) is 11.5 Å². The summed E-state index contributed by atoms with van der Waals surface area (Å²) in [7, 11) is 0. The standard InChI is InChI=1S/C22H30N4O5/c1-15-16(2)24-20(31-17-11-7-6-8-12-17)19(26(28)29)18(15)23-13-9-10-14-30-21(27)25-22(3,4)5/h6-8,11-12H,9-10,13-14H2,1-5H3,(H,23,24)(H,25,27). The summed E-state index contributed by atoms with van der Waals surface area (Å²) in [5.41, 5.74) is 1.16. The van der Waals surface area contributed by atoms with Crippen LogP contribution in [-0.2, 0) is 4.74 Å². The van der Waals surface area contributed by atoms with Crippen LogP contribution in [0.3, 0.4) is 0 Å². The number of hydrogen-bond donors (Lipinski definition) is 2. The molecule has 9 nitrogen and oxygen atoms in total. The molecule has 2 rings (SSSR count). The smallest absolute Gasteiger partial charge is 0.407 e. The molecule has 1 aromatic heterocycles. The number of pyridine rings is 1. The molecule has 0 saturated carbocycles. The lowest BCUT2D eigenvalue weighted by molar-refractivity contribution is -0.385. The second kappa shape index (κ2) is 10.6. The normalized spacial score (nSPS) is 11.0. The van der Waals surface area contributed by atoms with Crippen LogP contribution in [0.15, 0.2) is 30.3 Å². The Labute approximate surface area is 182 Å². The Kier molecular flexibility index (Phi) is 8.18. The third kappa shape index (κ3) is 7.44. The van der Waals surface area contributed by atoms with Gasteiger partial charge >= 0.3 is 17.7 Å². The number of anilines is 1. The van der Waals surface area contributed by atoms with Gasteiger partial charge in [0.2, 0.25) is 0 Å². The molecule has 0 unspecified atom stereocenters. The van der Waals surface area contributed by atoms with Crippen molar-refractivity contribution in [2.45, 2.75) is 53.0 Å². The minimum Gasteiger partial charge on any atom is -0.450 e. The maximum Gasteiger partial charge on any atom is 0.407 e. The summed E-state index contributed by atoms with van der Waals surface area (Å²) in [4.78, 5) is 27.3. The molecule has 2 N–H and O–H groups in total. The van der Waals surface area contributed by atoms with Gasteiger partial charge in [-0.15, -0.1) is 0 Å². The molecular weight excluding hydrogens is 400 g/mol. The second-order valence-corrected chi connectivity index (χ2v) is 8.17. The fourth-order valence-electron chi connectivity index (χ4n) is 2.76. The summed E-state index contributed by atoms with van der Waals surface area (Å²) in [5.74, 6) is 0.418. The van der Waals surface area contributed by atoms with Crippen LogP contribution in [0.1, 0.15) is 44.9 Å². The minimum atomic E-state index is -0.486. The molecule has 1 aromatic carbocycles. The van der Waals surface area contributed by atoms with Crippen molar-refractivity contribution in [3.63, 3.8) is 0 Å². The number of carbonyl (C=O) groups excluding carboxylic acids is 1. The zero-order valence-corrected chi connectivity index (χ0v) is 18.7. The number of nitrogens with zero attached hydrogens (tertiary/aromatic N) is 2. The molecule has 1 amide bonds. The average Bonchev–Trinajstić information content (AvgIpc) is 2.67. The summed E-state index contributed by atoms with van der Waals surface area (Å²) in [6.45, 7) is 9.93. The number of unbranched alkanes of at least 4 members (excludes halogenated alkanes) is 1. The Morgan fingerprint density at radius 1 is 1.16 bits per heavy atom. The van der Waals surface area contributed by atoms with Gasteiger partial charge in [0.1, 0.15) is 11.4 Å². The molecule has 0 fully saturated rings. The van der Waals surface area contributed by atoms with Crippen LogP contribution in [0.4, 0.5) is 16.2 Å². The summed E-state index contributed by atoms with van der Waals surface area (Å²) < 4.78 is 10.8. The lowest BCUT2D eigenvalue weighted by atomic mass is 10.1. The van der Waals surface area contributed by atoms with Gasteiger partial charge in [-0.25, -0.2) is 9.78 Å². The zero-order valence-electron chi connectivity index (χ0n) is 18.7. The molecule has 2 aromatic rings. The second-order valence-electron chi connectivity index (χ2n) is 8.17. The van der Waals surface area contributed by atoms with E-state index in [9.17, 15) is 14.9 Å². The molecule has 168 valence electrons. The summed E-state index contributed by atoms with van der Waals surface area (Å²) in [6, 6.07) is 8.82. The molecule has 0 aliphatic carbocycles. The highest BCUT2D eigenvalue weighted by atomic mass is 16.6. The third-order valence-corrected chi connectivity index (χ3v) is 4.35. The number of benzene rings is 1. The third-order valence-electron chi connectivity index (χ3n) is 4.35. The van der Waals surface area contributed by atoms with Gasteiger partial charge in [-0.2, -0.15) is 0 Å². The topological polar surface area (TPSA) is 116 Å². The Bertz CT molecular complexity index is 910. The number of carbonyl (C=O) groups is 1. The molecule has 0 radical (unpaired) electrons. The summed E-state index contributed by atoms with van der Waals surface area (Å²) in [5, 5.41) is 17.7. The summed E-state index contributed by atoms with van der Waals surface area (Å²) >= 11 is 0. The van der Waals surface area contributed by atoms with Gasteiger partial charge in [0, 0.05) is 23.3 Å². The van der Waals surface area contributed by atoms with Gasteiger partial charge in [0.15, 0.2) is 0 Å². The van der Waals surface area contributed by atoms with Crippen LogP contribution in [0.2, 0.25) is 0 Å². The Morgan fingerprint density at radius 2 is 1.84 bits per heavy atom. The number of aryl methyl sites for hydroxylation is 1. The Morgan fingerprint density at radius 3 is 2.45 bits per heavy atom. The van der Waals surface area contributed by atoms with Crippen molar-refractivity contribution in [2.24, 2.45) is 0 Å². The van der Waals surface area contributed by atoms with E-state index in [1.807, 2.05) is 26.8 Å². The quantitative estimate of drug-likeness (QED) is 0.322. The van der Waals surface area contributed by atoms with E-state index in [2.05, 4.69) is 15.6 Å². The number of rotatable bonds is 9. The van der Waals surface area contributed by atoms with Gasteiger partial charge < -0.3 is 20.1 Å². The van der Waals surface area contributed by atoms with Gasteiger partial charge in [0.25, 0.3) is 0 Å². The van der Waals surface area contributed by atoms with Crippen molar-refractivity contribution in [3.8, 4) is 11.6 Å². The first kappa shape index (κ1) is 23.9. The SMILES string of the molecule is Cc1nc(Oc2ccccc2)c([N+](=O)[O-])c(NCCCCOC(=O)NC(C)(C)C)c1C. The summed E-state index contributed by atoms with van der Waals surface area (Å²) in [6.07, 6.45) is 0.823. The number of para-hydroxylation sites is 1. The number of ether oxygens (including phenoxy) is 2. The highest BCUT2D eigenvalue weighted by Crippen LogP contribution is 2.39. The van der Waals surface area contributed by atoms with Gasteiger partial charge in [-0.05, 0) is 59.6 Å². The molecular formula is C22H30N4O5. The van der Waals surface area contributed by atoms with Gasteiger partial charge in [-0.3, -0.25) is 10.1 Å². The first-order chi connectivity index (χ1) is 14.6. The largest absolute Gasteiger partial charge is 0.450 e. The van der Waals surface area contributed by atoms with Crippen LogP contribution in [0.5, 0.6) is 11.6 Å². The zero-order chi connectivity index (χ0) is 23.0. The molecule has 1 heterocycles. The number of nitrogens with one attached hydrogen (secondary N) is 2. The van der Waals surface area contributed by atoms with Crippen molar-refractivity contribution in [1.29, 1.82) is 0 Å². The van der Waals surface area contributed by atoms with Crippen molar-refractivity contribution >= 4 is 17.5 Å². The van der Waals surface area contributed by atoms with E-state index in [4.69, 9.17) is 9.47 Å². The van der Waals surface area contributed by atoms with Crippen LogP contribution in [0.25, 0.3) is 0 Å². The predicted molar refractivity (Wildman–Crippen MR) is 119 cm³/mol. The van der Waals surface area contributed by atoms with Crippen molar-refractivity contribution < 1.29 is 19.2 Å². The number of alkyl carbamates (subject to hydrolysis) is 1. The first-order valence-electron chi connectivity index (χ1n) is 10.2. The van der Waals surface area contributed by atoms with Gasteiger partial charge in [-0.1, -0.05) is 18.2 Å². The fraction of sp³-hybridized carbons (Fsp3) is 0.455. The van der Waals surface area contributed by atoms with Crippen molar-refractivity contribution in [2.75, 3.05) is 18.5 Å². The van der Waals surface area contributed by atoms with Crippen LogP contribution in [-0.4, -0.2) is 34.7 Å². The maximum absolute atomic E-state index is 11.8. The minimum absolute atomic E-state index is 0.0519. The average molecular weight is 431 g/mol. The molecule has 0 aliphatic rings. The molecule has 0 spiro atoms. The predicted octanol–water partition coefficient (Wildman–Crippen LogP) is 5.12. The fourth-order valence-corrected chi connectivity index (χ4v) is 2.76. The van der Waals surface area contributed by atoms with E-state index in [1.54, 1.807) is 38.1 Å². The van der Waals surface area contributed by atoms with E-state index >= 15 is 0 Å². The molecule has 0 atom stereocenters. The molecule has 31 heavy (non-hydrogen) atoms. The van der Waals surface area contributed by atoms with Crippen LogP contribution >= 0.6 is 0 Å². The lowest BCUT2D eigenvalue weighted by Crippen LogP contribution is -2.41. The van der Waals surface area contributed by atoms with Crippen molar-refractivity contribution in [1.82, 2.24) is 10.3 Å². The number of hydrogen-bond acceptors (Lipinski definition) is 7. The van der Waals surface area contributed by atoms with E-state index in [0.717, 1.165) is 0 Å².